The van der Waals surface area contributed by atoms with Crippen molar-refractivity contribution in [2.75, 3.05) is 13.1 Å². The molecule has 1 aromatic heterocycles. The number of halogens is 1. The Morgan fingerprint density at radius 2 is 2.11 bits per heavy atom. The van der Waals surface area contributed by atoms with Crippen molar-refractivity contribution in [2.24, 2.45) is 0 Å². The third kappa shape index (κ3) is 2.89. The van der Waals surface area contributed by atoms with Gasteiger partial charge >= 0.3 is 0 Å². The molecule has 0 aliphatic rings. The van der Waals surface area contributed by atoms with E-state index < -0.39 is 5.82 Å². The molecule has 1 aromatic carbocycles. The summed E-state index contributed by atoms with van der Waals surface area (Å²) < 4.78 is 13.7. The van der Waals surface area contributed by atoms with E-state index in [4.69, 9.17) is 0 Å². The summed E-state index contributed by atoms with van der Waals surface area (Å²) in [5.41, 5.74) is 1.52. The molecule has 0 unspecified atom stereocenters. The number of phenols is 1. The number of aromatic hydroxyl groups is 1. The predicted octanol–water partition coefficient (Wildman–Crippen LogP) is 3.29. The van der Waals surface area contributed by atoms with Gasteiger partial charge in [-0.05, 0) is 38.4 Å². The first-order valence-corrected chi connectivity index (χ1v) is 6.75. The van der Waals surface area contributed by atoms with E-state index in [1.165, 1.54) is 0 Å². The van der Waals surface area contributed by atoms with Gasteiger partial charge in [-0.15, -0.1) is 0 Å². The number of aromatic amines is 1. The van der Waals surface area contributed by atoms with Crippen LogP contribution >= 0.6 is 0 Å². The highest BCUT2D eigenvalue weighted by Crippen LogP contribution is 2.26. The van der Waals surface area contributed by atoms with E-state index in [1.807, 2.05) is 6.20 Å². The number of benzene rings is 1. The smallest absolute Gasteiger partial charge is 0.150 e. The number of nitrogens with zero attached hydrogens (tertiary/aromatic N) is 1. The topological polar surface area (TPSA) is 39.3 Å². The standard InChI is InChI=1S/C15H21FN2O/c1-4-18(10(2)3)6-5-11-9-17-15-13(11)7-12(19)8-14(15)16/h7-10,17,19H,4-6H2,1-3H3. The van der Waals surface area contributed by atoms with Gasteiger partial charge in [-0.3, -0.25) is 0 Å². The largest absolute Gasteiger partial charge is 0.508 e. The third-order valence-corrected chi connectivity index (χ3v) is 3.62. The summed E-state index contributed by atoms with van der Waals surface area (Å²) >= 11 is 0. The second-order valence-corrected chi connectivity index (χ2v) is 5.14. The molecule has 2 rings (SSSR count). The van der Waals surface area contributed by atoms with Crippen molar-refractivity contribution in [3.8, 4) is 5.75 Å². The molecule has 0 amide bonds. The molecule has 2 N–H and O–H groups in total. The Balaban J connectivity index is 2.22. The first-order chi connectivity index (χ1) is 9.02. The van der Waals surface area contributed by atoms with Gasteiger partial charge in [-0.25, -0.2) is 4.39 Å². The zero-order valence-corrected chi connectivity index (χ0v) is 11.7. The zero-order valence-electron chi connectivity index (χ0n) is 11.7. The molecule has 0 saturated heterocycles. The number of likely N-dealkylation sites (N-methyl/N-ethyl adjacent to an activating group) is 1. The average molecular weight is 264 g/mol. The first-order valence-electron chi connectivity index (χ1n) is 6.75. The van der Waals surface area contributed by atoms with E-state index in [2.05, 4.69) is 30.7 Å². The minimum atomic E-state index is -0.405. The maximum Gasteiger partial charge on any atom is 0.150 e. The van der Waals surface area contributed by atoms with Gasteiger partial charge in [0.2, 0.25) is 0 Å². The van der Waals surface area contributed by atoms with Crippen molar-refractivity contribution >= 4 is 10.9 Å². The maximum atomic E-state index is 13.7. The highest BCUT2D eigenvalue weighted by atomic mass is 19.1. The molecule has 0 aliphatic carbocycles. The molecule has 3 nitrogen and oxygen atoms in total. The molecule has 104 valence electrons. The Morgan fingerprint density at radius 3 is 2.74 bits per heavy atom. The highest BCUT2D eigenvalue weighted by molar-refractivity contribution is 5.85. The van der Waals surface area contributed by atoms with Crippen LogP contribution in [0.2, 0.25) is 0 Å². The van der Waals surface area contributed by atoms with E-state index in [1.54, 1.807) is 6.07 Å². The summed E-state index contributed by atoms with van der Waals surface area (Å²) in [6.45, 7) is 8.41. The minimum absolute atomic E-state index is 0.0259. The van der Waals surface area contributed by atoms with Crippen LogP contribution in [0.1, 0.15) is 26.3 Å². The average Bonchev–Trinajstić information content (AvgIpc) is 2.73. The Kier molecular flexibility index (Phi) is 4.10. The van der Waals surface area contributed by atoms with Crippen LogP contribution in [0.25, 0.3) is 10.9 Å². The molecule has 0 atom stereocenters. The van der Waals surface area contributed by atoms with Gasteiger partial charge in [-0.1, -0.05) is 6.92 Å². The Bertz CT molecular complexity index is 563. The van der Waals surface area contributed by atoms with Crippen LogP contribution in [0.15, 0.2) is 18.3 Å². The van der Waals surface area contributed by atoms with Gasteiger partial charge in [0.15, 0.2) is 5.82 Å². The molecule has 1 heterocycles. The monoisotopic (exact) mass is 264 g/mol. The van der Waals surface area contributed by atoms with E-state index >= 15 is 0 Å². The summed E-state index contributed by atoms with van der Waals surface area (Å²) in [6.07, 6.45) is 2.68. The summed E-state index contributed by atoms with van der Waals surface area (Å²) in [5.74, 6) is -0.431. The van der Waals surface area contributed by atoms with E-state index in [9.17, 15) is 9.50 Å². The molecular formula is C15H21FN2O. The molecule has 0 fully saturated rings. The predicted molar refractivity (Wildman–Crippen MR) is 76.0 cm³/mol. The quantitative estimate of drug-likeness (QED) is 0.870. The second-order valence-electron chi connectivity index (χ2n) is 5.14. The van der Waals surface area contributed by atoms with Crippen LogP contribution in [0.3, 0.4) is 0 Å². The van der Waals surface area contributed by atoms with Gasteiger partial charge in [-0.2, -0.15) is 0 Å². The van der Waals surface area contributed by atoms with Crippen LogP contribution in [-0.2, 0) is 6.42 Å². The lowest BCUT2D eigenvalue weighted by atomic mass is 10.1. The minimum Gasteiger partial charge on any atom is -0.508 e. The Hall–Kier alpha value is -1.55. The number of fused-ring (bicyclic) bond motifs is 1. The van der Waals surface area contributed by atoms with Crippen LogP contribution in [0.4, 0.5) is 4.39 Å². The molecule has 0 radical (unpaired) electrons. The second kappa shape index (κ2) is 5.61. The zero-order chi connectivity index (χ0) is 14.0. The summed E-state index contributed by atoms with van der Waals surface area (Å²) in [6, 6.07) is 3.26. The summed E-state index contributed by atoms with van der Waals surface area (Å²) in [7, 11) is 0. The van der Waals surface area contributed by atoms with E-state index in [0.29, 0.717) is 11.6 Å². The van der Waals surface area contributed by atoms with Gasteiger partial charge in [0.05, 0.1) is 5.52 Å². The molecule has 0 spiro atoms. The third-order valence-electron chi connectivity index (χ3n) is 3.62. The van der Waals surface area contributed by atoms with Crippen molar-refractivity contribution in [3.05, 3.63) is 29.7 Å². The van der Waals surface area contributed by atoms with Crippen LogP contribution < -0.4 is 0 Å². The van der Waals surface area contributed by atoms with Crippen molar-refractivity contribution in [1.29, 1.82) is 0 Å². The number of hydrogen-bond donors (Lipinski definition) is 2. The van der Waals surface area contributed by atoms with Gasteiger partial charge in [0.25, 0.3) is 0 Å². The van der Waals surface area contributed by atoms with Gasteiger partial charge in [0, 0.05) is 30.2 Å². The number of H-pyrrole nitrogens is 1. The lowest BCUT2D eigenvalue weighted by molar-refractivity contribution is 0.237. The molecule has 0 bridgehead atoms. The van der Waals surface area contributed by atoms with Crippen molar-refractivity contribution < 1.29 is 9.50 Å². The lowest BCUT2D eigenvalue weighted by Gasteiger charge is -2.24. The SMILES string of the molecule is CCN(CCc1c[nH]c2c(F)cc(O)cc12)C(C)C. The van der Waals surface area contributed by atoms with Crippen molar-refractivity contribution in [2.45, 2.75) is 33.2 Å². The molecule has 0 saturated carbocycles. The van der Waals surface area contributed by atoms with E-state index in [0.717, 1.165) is 36.5 Å². The summed E-state index contributed by atoms with van der Waals surface area (Å²) in [5, 5.41) is 10.3. The number of hydrogen-bond acceptors (Lipinski definition) is 2. The molecule has 19 heavy (non-hydrogen) atoms. The normalized spacial score (nSPS) is 11.9. The van der Waals surface area contributed by atoms with E-state index in [-0.39, 0.29) is 5.75 Å². The van der Waals surface area contributed by atoms with Crippen LogP contribution in [-0.4, -0.2) is 34.1 Å². The van der Waals surface area contributed by atoms with Crippen molar-refractivity contribution in [3.63, 3.8) is 0 Å². The fraction of sp³-hybridized carbons (Fsp3) is 0.467. The number of aromatic nitrogens is 1. The fourth-order valence-electron chi connectivity index (χ4n) is 2.48. The number of rotatable bonds is 5. The maximum absolute atomic E-state index is 13.7. The fourth-order valence-corrected chi connectivity index (χ4v) is 2.48. The Labute approximate surface area is 113 Å². The number of phenolic OH excluding ortho intramolecular Hbond substituents is 1. The lowest BCUT2D eigenvalue weighted by Crippen LogP contribution is -2.32. The first kappa shape index (κ1) is 13.9. The van der Waals surface area contributed by atoms with Crippen molar-refractivity contribution in [1.82, 2.24) is 9.88 Å². The van der Waals surface area contributed by atoms with Crippen LogP contribution in [0.5, 0.6) is 5.75 Å². The highest BCUT2D eigenvalue weighted by Gasteiger charge is 2.12. The molecule has 0 aliphatic heterocycles. The van der Waals surface area contributed by atoms with Gasteiger partial charge < -0.3 is 15.0 Å². The summed E-state index contributed by atoms with van der Waals surface area (Å²) in [4.78, 5) is 5.31. The Morgan fingerprint density at radius 1 is 1.37 bits per heavy atom. The van der Waals surface area contributed by atoms with Gasteiger partial charge in [0.1, 0.15) is 5.75 Å². The molecule has 2 aromatic rings. The number of nitrogens with one attached hydrogen (secondary N) is 1. The molecular weight excluding hydrogens is 243 g/mol. The van der Waals surface area contributed by atoms with Crippen LogP contribution in [0, 0.1) is 5.82 Å². The molecule has 4 heteroatoms.